The lowest BCUT2D eigenvalue weighted by molar-refractivity contribution is -0.138. The average Bonchev–Trinajstić information content (AvgIpc) is 2.91. The summed E-state index contributed by atoms with van der Waals surface area (Å²) in [6.45, 7) is 9.29. The molecule has 0 saturated heterocycles. The van der Waals surface area contributed by atoms with E-state index in [-0.39, 0.29) is 13.0 Å². The molecule has 38 heavy (non-hydrogen) atoms. The van der Waals surface area contributed by atoms with Gasteiger partial charge < -0.3 is 52.5 Å². The number of azide groups is 1. The minimum atomic E-state index is -0.876. The van der Waals surface area contributed by atoms with Gasteiger partial charge in [-0.15, -0.1) is 0 Å². The van der Waals surface area contributed by atoms with Gasteiger partial charge in [-0.05, 0) is 5.53 Å². The van der Waals surface area contributed by atoms with Crippen LogP contribution in [0, 0.1) is 0 Å². The van der Waals surface area contributed by atoms with E-state index in [0.717, 1.165) is 0 Å². The Morgan fingerprint density at radius 2 is 0.711 bits per heavy atom. The van der Waals surface area contributed by atoms with Crippen molar-refractivity contribution in [3.63, 3.8) is 0 Å². The van der Waals surface area contributed by atoms with Gasteiger partial charge in [-0.3, -0.25) is 4.79 Å². The maximum absolute atomic E-state index is 10.3. The molecule has 224 valence electrons. The predicted molar refractivity (Wildman–Crippen MR) is 134 cm³/mol. The molecule has 0 heterocycles. The van der Waals surface area contributed by atoms with Gasteiger partial charge >= 0.3 is 5.97 Å². The molecular weight excluding hydrogens is 510 g/mol. The molecule has 1 N–H and O–H groups in total. The highest BCUT2D eigenvalue weighted by atomic mass is 16.6. The summed E-state index contributed by atoms with van der Waals surface area (Å²) in [5.74, 6) is -0.876. The van der Waals surface area contributed by atoms with E-state index in [0.29, 0.717) is 132 Å². The van der Waals surface area contributed by atoms with Crippen LogP contribution in [0.25, 0.3) is 10.4 Å². The van der Waals surface area contributed by atoms with Crippen LogP contribution < -0.4 is 0 Å². The highest BCUT2D eigenvalue weighted by Gasteiger charge is 1.97. The molecule has 0 atom stereocenters. The molecule has 0 aromatic rings. The fourth-order valence-corrected chi connectivity index (χ4v) is 2.39. The fourth-order valence-electron chi connectivity index (χ4n) is 2.39. The lowest BCUT2D eigenvalue weighted by atomic mass is 10.5. The number of carboxylic acid groups (broad SMARTS) is 1. The molecule has 0 aliphatic heterocycles. The van der Waals surface area contributed by atoms with E-state index in [1.165, 1.54) is 0 Å². The smallest absolute Gasteiger partial charge is 0.305 e. The number of hydrogen-bond donors (Lipinski definition) is 1. The minimum absolute atomic E-state index is 0.00352. The third-order valence-electron chi connectivity index (χ3n) is 4.21. The van der Waals surface area contributed by atoms with E-state index in [9.17, 15) is 4.79 Å². The standard InChI is InChI=1S/C23H45N3O12/c24-26-25-2-4-30-6-8-32-10-12-34-14-16-36-18-20-38-22-21-37-19-17-35-15-13-33-11-9-31-7-5-29-3-1-23(27)28/h1-22H2,(H,27,28). The number of ether oxygens (including phenoxy) is 10. The second-order valence-corrected chi connectivity index (χ2v) is 7.22. The van der Waals surface area contributed by atoms with E-state index < -0.39 is 5.97 Å². The lowest BCUT2D eigenvalue weighted by Gasteiger charge is -2.09. The van der Waals surface area contributed by atoms with Crippen molar-refractivity contribution in [1.29, 1.82) is 0 Å². The van der Waals surface area contributed by atoms with Crippen LogP contribution >= 0.6 is 0 Å². The molecule has 0 bridgehead atoms. The van der Waals surface area contributed by atoms with Gasteiger partial charge in [-0.2, -0.15) is 0 Å². The third kappa shape index (κ3) is 34.4. The molecule has 0 rings (SSSR count). The molecule has 0 radical (unpaired) electrons. The van der Waals surface area contributed by atoms with Gasteiger partial charge in [0.1, 0.15) is 0 Å². The van der Waals surface area contributed by atoms with E-state index in [1.54, 1.807) is 0 Å². The van der Waals surface area contributed by atoms with Gasteiger partial charge in [-0.1, -0.05) is 5.11 Å². The van der Waals surface area contributed by atoms with E-state index >= 15 is 0 Å². The van der Waals surface area contributed by atoms with Gasteiger partial charge in [0, 0.05) is 11.5 Å². The first-order valence-corrected chi connectivity index (χ1v) is 12.8. The van der Waals surface area contributed by atoms with Crippen molar-refractivity contribution in [3.8, 4) is 0 Å². The van der Waals surface area contributed by atoms with Gasteiger partial charge in [0.05, 0.1) is 139 Å². The summed E-state index contributed by atoms with van der Waals surface area (Å²) in [4.78, 5) is 12.9. The Balaban J connectivity index is 3.03. The zero-order chi connectivity index (χ0) is 27.6. The summed E-state index contributed by atoms with van der Waals surface area (Å²) in [5.41, 5.74) is 8.11. The van der Waals surface area contributed by atoms with Crippen molar-refractivity contribution in [3.05, 3.63) is 10.4 Å². The summed E-state index contributed by atoms with van der Waals surface area (Å²) in [6, 6.07) is 0. The normalized spacial score (nSPS) is 11.1. The summed E-state index contributed by atoms with van der Waals surface area (Å²) < 4.78 is 53.4. The van der Waals surface area contributed by atoms with Crippen LogP contribution in [0.4, 0.5) is 0 Å². The molecule has 0 fully saturated rings. The first kappa shape index (κ1) is 36.4. The van der Waals surface area contributed by atoms with Gasteiger partial charge in [0.2, 0.25) is 0 Å². The molecule has 0 aliphatic carbocycles. The van der Waals surface area contributed by atoms with E-state index in [4.69, 9.17) is 58.0 Å². The number of aliphatic carboxylic acids is 1. The third-order valence-corrected chi connectivity index (χ3v) is 4.21. The molecule has 0 amide bonds. The molecule has 0 spiro atoms. The SMILES string of the molecule is [N-]=[N+]=NCCOCCOCCOCCOCCOCCOCCOCCOCCOCCOCCC(=O)O. The Morgan fingerprint density at radius 1 is 0.474 bits per heavy atom. The molecule has 0 aromatic carbocycles. The van der Waals surface area contributed by atoms with Crippen LogP contribution in [0.2, 0.25) is 0 Å². The van der Waals surface area contributed by atoms with Crippen molar-refractivity contribution in [2.45, 2.75) is 6.42 Å². The highest BCUT2D eigenvalue weighted by Crippen LogP contribution is 1.87. The first-order chi connectivity index (χ1) is 18.8. The molecular formula is C23H45N3O12. The van der Waals surface area contributed by atoms with Crippen molar-refractivity contribution >= 4 is 5.97 Å². The topological polar surface area (TPSA) is 178 Å². The Hall–Kier alpha value is -1.62. The average molecular weight is 556 g/mol. The van der Waals surface area contributed by atoms with Crippen LogP contribution in [0.15, 0.2) is 5.11 Å². The van der Waals surface area contributed by atoms with Crippen LogP contribution in [-0.4, -0.2) is 150 Å². The first-order valence-electron chi connectivity index (χ1n) is 12.8. The summed E-state index contributed by atoms with van der Waals surface area (Å²) in [5, 5.41) is 11.8. The van der Waals surface area contributed by atoms with Crippen molar-refractivity contribution in [2.24, 2.45) is 5.11 Å². The zero-order valence-electron chi connectivity index (χ0n) is 22.3. The second kappa shape index (κ2) is 33.4. The molecule has 15 heteroatoms. The Bertz CT molecular complexity index is 510. The maximum Gasteiger partial charge on any atom is 0.305 e. The van der Waals surface area contributed by atoms with Crippen molar-refractivity contribution < 1.29 is 57.3 Å². The van der Waals surface area contributed by atoms with Crippen LogP contribution in [0.5, 0.6) is 0 Å². The largest absolute Gasteiger partial charge is 0.481 e. The summed E-state index contributed by atoms with van der Waals surface area (Å²) in [6.07, 6.45) is -0.00352. The van der Waals surface area contributed by atoms with Gasteiger partial charge in [-0.25, -0.2) is 0 Å². The van der Waals surface area contributed by atoms with Crippen LogP contribution in [0.1, 0.15) is 6.42 Å². The number of nitrogens with zero attached hydrogens (tertiary/aromatic N) is 3. The summed E-state index contributed by atoms with van der Waals surface area (Å²) in [7, 11) is 0. The lowest BCUT2D eigenvalue weighted by Crippen LogP contribution is -2.15. The van der Waals surface area contributed by atoms with Crippen molar-refractivity contribution in [1.82, 2.24) is 0 Å². The highest BCUT2D eigenvalue weighted by molar-refractivity contribution is 5.66. The van der Waals surface area contributed by atoms with Crippen LogP contribution in [0.3, 0.4) is 0 Å². The molecule has 0 saturated carbocycles. The maximum atomic E-state index is 10.3. The number of carboxylic acids is 1. The zero-order valence-corrected chi connectivity index (χ0v) is 22.3. The minimum Gasteiger partial charge on any atom is -0.481 e. The van der Waals surface area contributed by atoms with E-state index in [2.05, 4.69) is 10.0 Å². The molecule has 0 aromatic heterocycles. The van der Waals surface area contributed by atoms with E-state index in [1.807, 2.05) is 0 Å². The quantitative estimate of drug-likeness (QED) is 0.0525. The second-order valence-electron chi connectivity index (χ2n) is 7.22. The number of hydrogen-bond acceptors (Lipinski definition) is 12. The molecule has 0 unspecified atom stereocenters. The Morgan fingerprint density at radius 3 is 0.947 bits per heavy atom. The van der Waals surface area contributed by atoms with Gasteiger partial charge in [0.15, 0.2) is 0 Å². The predicted octanol–water partition coefficient (Wildman–Crippen LogP) is 0.937. The Labute approximate surface area is 224 Å². The molecule has 0 aliphatic rings. The summed E-state index contributed by atoms with van der Waals surface area (Å²) >= 11 is 0. The molecule has 15 nitrogen and oxygen atoms in total. The number of carbonyl (C=O) groups is 1. The van der Waals surface area contributed by atoms with Gasteiger partial charge in [0.25, 0.3) is 0 Å². The van der Waals surface area contributed by atoms with Crippen molar-refractivity contribution in [2.75, 3.05) is 139 Å². The van der Waals surface area contributed by atoms with Crippen LogP contribution in [-0.2, 0) is 52.2 Å². The Kier molecular flexibility index (Phi) is 32.0. The fraction of sp³-hybridized carbons (Fsp3) is 0.957. The number of rotatable bonds is 33. The monoisotopic (exact) mass is 555 g/mol.